The lowest BCUT2D eigenvalue weighted by molar-refractivity contribution is -0.144. The highest BCUT2D eigenvalue weighted by Gasteiger charge is 2.51. The van der Waals surface area contributed by atoms with Crippen molar-refractivity contribution in [2.24, 2.45) is 11.3 Å². The van der Waals surface area contributed by atoms with Crippen LogP contribution < -0.4 is 5.32 Å². The van der Waals surface area contributed by atoms with E-state index in [9.17, 15) is 14.7 Å². The summed E-state index contributed by atoms with van der Waals surface area (Å²) in [7, 11) is 0. The Morgan fingerprint density at radius 1 is 1.26 bits per heavy atom. The van der Waals surface area contributed by atoms with Gasteiger partial charge in [-0.1, -0.05) is 0 Å². The Hall–Kier alpha value is -1.26. The van der Waals surface area contributed by atoms with Crippen LogP contribution in [-0.4, -0.2) is 28.8 Å². The minimum atomic E-state index is -0.813. The van der Waals surface area contributed by atoms with Gasteiger partial charge >= 0.3 is 12.1 Å². The van der Waals surface area contributed by atoms with Gasteiger partial charge in [-0.3, -0.25) is 4.79 Å². The van der Waals surface area contributed by atoms with Gasteiger partial charge in [0, 0.05) is 6.04 Å². The van der Waals surface area contributed by atoms with Gasteiger partial charge in [0.15, 0.2) is 0 Å². The van der Waals surface area contributed by atoms with E-state index in [0.717, 1.165) is 25.7 Å². The lowest BCUT2D eigenvalue weighted by atomic mass is 9.76. The number of carbonyl (C=O) groups is 2. The number of carbonyl (C=O) groups excluding carboxylic acids is 1. The lowest BCUT2D eigenvalue weighted by Crippen LogP contribution is -2.48. The van der Waals surface area contributed by atoms with Crippen LogP contribution in [0.1, 0.15) is 52.9 Å². The van der Waals surface area contributed by atoms with Crippen molar-refractivity contribution in [3.63, 3.8) is 0 Å². The van der Waals surface area contributed by atoms with E-state index in [1.807, 2.05) is 0 Å². The Morgan fingerprint density at radius 2 is 1.89 bits per heavy atom. The summed E-state index contributed by atoms with van der Waals surface area (Å²) in [6.07, 6.45) is 4.18. The molecule has 0 saturated heterocycles. The Bertz CT molecular complexity index is 381. The van der Waals surface area contributed by atoms with Crippen LogP contribution in [0.25, 0.3) is 0 Å². The smallest absolute Gasteiger partial charge is 0.407 e. The van der Waals surface area contributed by atoms with E-state index in [-0.39, 0.29) is 11.5 Å². The van der Waals surface area contributed by atoms with Crippen LogP contribution in [0.2, 0.25) is 0 Å². The van der Waals surface area contributed by atoms with Crippen molar-refractivity contribution in [3.05, 3.63) is 0 Å². The van der Waals surface area contributed by atoms with E-state index < -0.39 is 23.6 Å². The number of ether oxygens (including phenoxy) is 1. The third-order valence-electron chi connectivity index (χ3n) is 4.10. The minimum Gasteiger partial charge on any atom is -0.481 e. The molecule has 0 aliphatic heterocycles. The molecule has 0 aromatic carbocycles. The molecular weight excluding hydrogens is 246 g/mol. The summed E-state index contributed by atoms with van der Waals surface area (Å²) in [5.74, 6) is -1.30. The molecule has 1 amide bonds. The van der Waals surface area contributed by atoms with Crippen molar-refractivity contribution < 1.29 is 19.4 Å². The highest BCUT2D eigenvalue weighted by molar-refractivity contribution is 5.74. The molecule has 2 saturated carbocycles. The number of alkyl carbamates (subject to hydrolysis) is 1. The van der Waals surface area contributed by atoms with Gasteiger partial charge in [0.1, 0.15) is 5.60 Å². The van der Waals surface area contributed by atoms with Gasteiger partial charge < -0.3 is 15.2 Å². The molecule has 2 aliphatic carbocycles. The first-order valence-corrected chi connectivity index (χ1v) is 6.93. The summed E-state index contributed by atoms with van der Waals surface area (Å²) in [5.41, 5.74) is -0.301. The highest BCUT2D eigenvalue weighted by Crippen LogP contribution is 2.57. The Balaban J connectivity index is 1.94. The van der Waals surface area contributed by atoms with E-state index in [1.54, 1.807) is 20.8 Å². The van der Waals surface area contributed by atoms with Gasteiger partial charge in [-0.05, 0) is 58.3 Å². The summed E-state index contributed by atoms with van der Waals surface area (Å²) >= 11 is 0. The first-order valence-electron chi connectivity index (χ1n) is 6.93. The van der Waals surface area contributed by atoms with Gasteiger partial charge in [-0.25, -0.2) is 4.79 Å². The SMILES string of the molecule is CC(C)(C)OC(=O)NC1CCC2(CC2)CC1C(=O)O. The Kier molecular flexibility index (Phi) is 3.49. The number of carboxylic acid groups (broad SMARTS) is 1. The summed E-state index contributed by atoms with van der Waals surface area (Å²) in [4.78, 5) is 23.1. The molecular formula is C14H23NO4. The average molecular weight is 269 g/mol. The molecule has 2 fully saturated rings. The Labute approximate surface area is 113 Å². The number of rotatable bonds is 2. The van der Waals surface area contributed by atoms with Crippen LogP contribution in [0.4, 0.5) is 4.79 Å². The lowest BCUT2D eigenvalue weighted by Gasteiger charge is -2.34. The van der Waals surface area contributed by atoms with Crippen LogP contribution in [0.3, 0.4) is 0 Å². The van der Waals surface area contributed by atoms with Crippen molar-refractivity contribution in [2.45, 2.75) is 64.5 Å². The second-order valence-corrected chi connectivity index (χ2v) is 6.94. The largest absolute Gasteiger partial charge is 0.481 e. The number of hydrogen-bond acceptors (Lipinski definition) is 3. The fraction of sp³-hybridized carbons (Fsp3) is 0.857. The zero-order valence-electron chi connectivity index (χ0n) is 11.9. The third-order valence-corrected chi connectivity index (χ3v) is 4.10. The molecule has 5 heteroatoms. The van der Waals surface area contributed by atoms with E-state index >= 15 is 0 Å². The van der Waals surface area contributed by atoms with Crippen LogP contribution in [0.15, 0.2) is 0 Å². The monoisotopic (exact) mass is 269 g/mol. The van der Waals surface area contributed by atoms with Crippen LogP contribution in [-0.2, 0) is 9.53 Å². The molecule has 19 heavy (non-hydrogen) atoms. The number of carboxylic acids is 1. The summed E-state index contributed by atoms with van der Waals surface area (Å²) < 4.78 is 5.19. The first kappa shape index (κ1) is 14.2. The fourth-order valence-electron chi connectivity index (χ4n) is 2.90. The molecule has 2 rings (SSSR count). The number of hydrogen-bond donors (Lipinski definition) is 2. The van der Waals surface area contributed by atoms with Crippen LogP contribution >= 0.6 is 0 Å². The maximum Gasteiger partial charge on any atom is 0.407 e. The fourth-order valence-corrected chi connectivity index (χ4v) is 2.90. The molecule has 0 bridgehead atoms. The summed E-state index contributed by atoms with van der Waals surface area (Å²) in [6.45, 7) is 5.38. The molecule has 5 nitrogen and oxygen atoms in total. The predicted octanol–water partition coefficient (Wildman–Crippen LogP) is 2.54. The zero-order valence-corrected chi connectivity index (χ0v) is 11.9. The summed E-state index contributed by atoms with van der Waals surface area (Å²) in [6, 6.07) is -0.307. The number of nitrogens with one attached hydrogen (secondary N) is 1. The average Bonchev–Trinajstić information content (AvgIpc) is 2.98. The molecule has 2 aliphatic rings. The second kappa shape index (κ2) is 4.69. The molecule has 0 aromatic rings. The van der Waals surface area contributed by atoms with Gasteiger partial charge in [0.25, 0.3) is 0 Å². The van der Waals surface area contributed by atoms with Crippen molar-refractivity contribution in [2.75, 3.05) is 0 Å². The van der Waals surface area contributed by atoms with E-state index in [1.165, 1.54) is 0 Å². The van der Waals surface area contributed by atoms with Gasteiger partial charge in [-0.2, -0.15) is 0 Å². The zero-order chi connectivity index (χ0) is 14.3. The molecule has 108 valence electrons. The van der Waals surface area contributed by atoms with Crippen LogP contribution in [0.5, 0.6) is 0 Å². The van der Waals surface area contributed by atoms with Gasteiger partial charge in [0.2, 0.25) is 0 Å². The molecule has 2 N–H and O–H groups in total. The quantitative estimate of drug-likeness (QED) is 0.807. The minimum absolute atomic E-state index is 0.259. The second-order valence-electron chi connectivity index (χ2n) is 6.94. The molecule has 0 radical (unpaired) electrons. The van der Waals surface area contributed by atoms with Crippen LogP contribution in [0, 0.1) is 11.3 Å². The van der Waals surface area contributed by atoms with Crippen molar-refractivity contribution in [1.82, 2.24) is 5.32 Å². The van der Waals surface area contributed by atoms with E-state index in [4.69, 9.17) is 4.74 Å². The van der Waals surface area contributed by atoms with Gasteiger partial charge in [-0.15, -0.1) is 0 Å². The van der Waals surface area contributed by atoms with Crippen molar-refractivity contribution in [3.8, 4) is 0 Å². The topological polar surface area (TPSA) is 75.6 Å². The highest BCUT2D eigenvalue weighted by atomic mass is 16.6. The normalized spacial score (nSPS) is 28.8. The molecule has 2 atom stereocenters. The van der Waals surface area contributed by atoms with Crippen molar-refractivity contribution in [1.29, 1.82) is 0 Å². The van der Waals surface area contributed by atoms with Crippen molar-refractivity contribution >= 4 is 12.1 Å². The Morgan fingerprint density at radius 3 is 2.37 bits per heavy atom. The van der Waals surface area contributed by atoms with E-state index in [0.29, 0.717) is 6.42 Å². The predicted molar refractivity (Wildman–Crippen MR) is 69.8 cm³/mol. The molecule has 0 heterocycles. The van der Waals surface area contributed by atoms with Gasteiger partial charge in [0.05, 0.1) is 5.92 Å². The molecule has 0 aromatic heterocycles. The first-order chi connectivity index (χ1) is 8.71. The maximum absolute atomic E-state index is 11.7. The third kappa shape index (κ3) is 3.61. The number of amides is 1. The maximum atomic E-state index is 11.7. The van der Waals surface area contributed by atoms with E-state index in [2.05, 4.69) is 5.32 Å². The molecule has 1 spiro atoms. The number of aliphatic carboxylic acids is 1. The standard InChI is InChI=1S/C14H23NO4/c1-13(2,3)19-12(18)15-10-4-5-14(6-7-14)8-9(10)11(16)17/h9-10H,4-8H2,1-3H3,(H,15,18)(H,16,17). The molecule has 2 unspecified atom stereocenters. The summed E-state index contributed by atoms with van der Waals surface area (Å²) in [5, 5.41) is 12.1.